The van der Waals surface area contributed by atoms with Crippen LogP contribution in [0.25, 0.3) is 0 Å². The number of terminal acetylenes is 1. The van der Waals surface area contributed by atoms with Crippen LogP contribution in [0.3, 0.4) is 0 Å². The number of carbonyl (C=O) groups excluding carboxylic acids is 1. The maximum atomic E-state index is 12.8. The van der Waals surface area contributed by atoms with Gasteiger partial charge in [-0.15, -0.1) is 6.42 Å². The Bertz CT molecular complexity index is 866. The van der Waals surface area contributed by atoms with E-state index in [4.69, 9.17) is 18.0 Å². The van der Waals surface area contributed by atoms with E-state index >= 15 is 0 Å². The average Bonchev–Trinajstić information content (AvgIpc) is 2.94. The van der Waals surface area contributed by atoms with Gasteiger partial charge in [0, 0.05) is 12.2 Å². The first kappa shape index (κ1) is 16.4. The van der Waals surface area contributed by atoms with Crippen molar-refractivity contribution in [2.24, 2.45) is 0 Å². The number of halogens is 4. The molecule has 0 bridgehead atoms. The first-order valence-corrected chi connectivity index (χ1v) is 7.34. The van der Waals surface area contributed by atoms with Gasteiger partial charge in [0.15, 0.2) is 0 Å². The maximum Gasteiger partial charge on any atom is 0.417 e. The molecule has 4 nitrogen and oxygen atoms in total. The van der Waals surface area contributed by atoms with Crippen molar-refractivity contribution in [2.45, 2.75) is 19.1 Å². The van der Waals surface area contributed by atoms with Crippen molar-refractivity contribution in [3.63, 3.8) is 0 Å². The first-order chi connectivity index (χ1) is 11.2. The van der Waals surface area contributed by atoms with E-state index in [2.05, 4.69) is 11.0 Å². The quantitative estimate of drug-likeness (QED) is 0.732. The number of fused-ring (bicyclic) bond motifs is 1. The van der Waals surface area contributed by atoms with Crippen LogP contribution in [0.5, 0.6) is 0 Å². The number of amides is 1. The van der Waals surface area contributed by atoms with Gasteiger partial charge < -0.3 is 4.90 Å². The van der Waals surface area contributed by atoms with Crippen LogP contribution in [0.15, 0.2) is 24.4 Å². The van der Waals surface area contributed by atoms with Crippen molar-refractivity contribution in [1.29, 1.82) is 0 Å². The molecule has 24 heavy (non-hydrogen) atoms. The van der Waals surface area contributed by atoms with E-state index < -0.39 is 22.7 Å². The van der Waals surface area contributed by atoms with Crippen LogP contribution in [-0.4, -0.2) is 22.2 Å². The molecule has 0 radical (unpaired) electrons. The van der Waals surface area contributed by atoms with E-state index in [1.54, 1.807) is 0 Å². The summed E-state index contributed by atoms with van der Waals surface area (Å²) < 4.78 is 40.0. The van der Waals surface area contributed by atoms with Crippen molar-refractivity contribution < 1.29 is 18.0 Å². The Kier molecular flexibility index (Phi) is 3.80. The average molecular weight is 354 g/mol. The molecule has 1 aliphatic rings. The highest BCUT2D eigenvalue weighted by atomic mass is 35.5. The molecular formula is C16H11ClF3N3O. The molecule has 8 heteroatoms. The van der Waals surface area contributed by atoms with E-state index in [1.165, 1.54) is 21.8 Å². The van der Waals surface area contributed by atoms with E-state index in [0.717, 1.165) is 12.1 Å². The van der Waals surface area contributed by atoms with Gasteiger partial charge in [-0.1, -0.05) is 17.5 Å². The van der Waals surface area contributed by atoms with E-state index in [0.29, 0.717) is 5.56 Å². The molecule has 124 valence electrons. The van der Waals surface area contributed by atoms with Crippen molar-refractivity contribution in [2.75, 3.05) is 11.4 Å². The Morgan fingerprint density at radius 1 is 1.42 bits per heavy atom. The van der Waals surface area contributed by atoms with Crippen LogP contribution in [0.1, 0.15) is 34.6 Å². The molecule has 0 spiro atoms. The van der Waals surface area contributed by atoms with E-state index in [-0.39, 0.29) is 24.0 Å². The fraction of sp³-hybridized carbons (Fsp3) is 0.250. The molecule has 0 fully saturated rings. The number of hydrogen-bond acceptors (Lipinski definition) is 2. The summed E-state index contributed by atoms with van der Waals surface area (Å²) in [5, 5.41) is 3.64. The summed E-state index contributed by atoms with van der Waals surface area (Å²) in [5.74, 6) is 1.97. The lowest BCUT2D eigenvalue weighted by Crippen LogP contribution is -2.43. The Labute approximate surface area is 140 Å². The van der Waals surface area contributed by atoms with Gasteiger partial charge in [0.05, 0.1) is 28.4 Å². The molecule has 1 atom stereocenters. The number of alkyl halides is 3. The van der Waals surface area contributed by atoms with Crippen LogP contribution in [0.4, 0.5) is 18.9 Å². The lowest BCUT2D eigenvalue weighted by molar-refractivity contribution is -0.137. The van der Waals surface area contributed by atoms with Gasteiger partial charge in [0.1, 0.15) is 5.69 Å². The van der Waals surface area contributed by atoms with Crippen molar-refractivity contribution >= 4 is 23.2 Å². The largest absolute Gasteiger partial charge is 0.417 e. The first-order valence-electron chi connectivity index (χ1n) is 6.96. The van der Waals surface area contributed by atoms with Gasteiger partial charge in [-0.05, 0) is 25.1 Å². The van der Waals surface area contributed by atoms with Crippen LogP contribution < -0.4 is 4.90 Å². The molecule has 0 unspecified atom stereocenters. The third kappa shape index (κ3) is 2.53. The Hall–Kier alpha value is -2.46. The van der Waals surface area contributed by atoms with Crippen molar-refractivity contribution in [3.8, 4) is 12.3 Å². The Morgan fingerprint density at radius 3 is 2.71 bits per heavy atom. The topological polar surface area (TPSA) is 38.1 Å². The lowest BCUT2D eigenvalue weighted by atomic mass is 10.1. The summed E-state index contributed by atoms with van der Waals surface area (Å²) in [6.07, 6.45) is 2.25. The molecule has 1 aromatic carbocycles. The summed E-state index contributed by atoms with van der Waals surface area (Å²) in [4.78, 5) is 14.1. The van der Waals surface area contributed by atoms with Crippen LogP contribution in [0, 0.1) is 12.3 Å². The Morgan fingerprint density at radius 2 is 2.12 bits per heavy atom. The second-order valence-electron chi connectivity index (χ2n) is 5.42. The number of carbonyl (C=O) groups is 1. The summed E-state index contributed by atoms with van der Waals surface area (Å²) >= 11 is 5.75. The predicted molar refractivity (Wildman–Crippen MR) is 83.0 cm³/mol. The third-order valence-corrected chi connectivity index (χ3v) is 4.15. The minimum atomic E-state index is -4.55. The summed E-state index contributed by atoms with van der Waals surface area (Å²) in [6, 6.07) is 3.04. The smallest absolute Gasteiger partial charge is 0.305 e. The number of benzene rings is 1. The number of anilines is 1. The van der Waals surface area contributed by atoms with E-state index in [1.807, 2.05) is 6.92 Å². The molecule has 1 aromatic heterocycles. The van der Waals surface area contributed by atoms with Crippen LogP contribution in [0.2, 0.25) is 5.02 Å². The van der Waals surface area contributed by atoms with Crippen molar-refractivity contribution in [3.05, 3.63) is 46.2 Å². The highest BCUT2D eigenvalue weighted by molar-refractivity contribution is 6.31. The fourth-order valence-electron chi connectivity index (χ4n) is 2.69. The van der Waals surface area contributed by atoms with Gasteiger partial charge >= 0.3 is 6.18 Å². The normalized spacial score (nSPS) is 17.6. The molecule has 3 rings (SSSR count). The second-order valence-corrected chi connectivity index (χ2v) is 5.83. The zero-order valence-corrected chi connectivity index (χ0v) is 13.2. The van der Waals surface area contributed by atoms with Gasteiger partial charge in [-0.2, -0.15) is 18.3 Å². The zero-order valence-electron chi connectivity index (χ0n) is 12.4. The van der Waals surface area contributed by atoms with Gasteiger partial charge in [0.2, 0.25) is 0 Å². The molecule has 2 aromatic rings. The monoisotopic (exact) mass is 353 g/mol. The molecule has 0 N–H and O–H groups in total. The molecule has 0 saturated carbocycles. The third-order valence-electron chi connectivity index (χ3n) is 3.83. The minimum absolute atomic E-state index is 0.180. The predicted octanol–water partition coefficient (Wildman–Crippen LogP) is 3.76. The number of nitrogens with zero attached hydrogens (tertiary/aromatic N) is 3. The summed E-state index contributed by atoms with van der Waals surface area (Å²) in [6.45, 7) is 2.08. The molecule has 0 aliphatic carbocycles. The van der Waals surface area contributed by atoms with Crippen LogP contribution in [-0.2, 0) is 6.18 Å². The molecule has 2 heterocycles. The zero-order chi connectivity index (χ0) is 17.6. The minimum Gasteiger partial charge on any atom is -0.305 e. The maximum absolute atomic E-state index is 12.8. The fourth-order valence-corrected chi connectivity index (χ4v) is 2.97. The molecule has 1 amide bonds. The van der Waals surface area contributed by atoms with Gasteiger partial charge in [0.25, 0.3) is 5.91 Å². The second kappa shape index (κ2) is 5.56. The highest BCUT2D eigenvalue weighted by Crippen LogP contribution is 2.37. The number of rotatable bonds is 1. The van der Waals surface area contributed by atoms with E-state index in [9.17, 15) is 18.0 Å². The summed E-state index contributed by atoms with van der Waals surface area (Å²) in [5.41, 5.74) is -0.0816. The molecular weight excluding hydrogens is 343 g/mol. The molecule has 1 aliphatic heterocycles. The van der Waals surface area contributed by atoms with Crippen LogP contribution >= 0.6 is 11.6 Å². The van der Waals surface area contributed by atoms with Gasteiger partial charge in [-0.3, -0.25) is 9.48 Å². The molecule has 0 saturated heterocycles. The lowest BCUT2D eigenvalue weighted by Gasteiger charge is -2.32. The number of aromatic nitrogens is 2. The number of hydrogen-bond donors (Lipinski definition) is 0. The SMILES string of the molecule is C#Cc1cnn2c1C(=O)N(c1ccc(C(F)(F)F)c(Cl)c1)C[C@@H]2C. The summed E-state index contributed by atoms with van der Waals surface area (Å²) in [7, 11) is 0. The Balaban J connectivity index is 2.04. The standard InChI is InChI=1S/C16H11ClF3N3O/c1-3-10-7-21-23-9(2)8-22(15(24)14(10)23)11-4-5-12(13(17)6-11)16(18,19)20/h1,4-7,9H,8H2,2H3/t9-/m0/s1. The van der Waals surface area contributed by atoms with Gasteiger partial charge in [-0.25, -0.2) is 0 Å². The van der Waals surface area contributed by atoms with Crippen molar-refractivity contribution in [1.82, 2.24) is 9.78 Å². The highest BCUT2D eigenvalue weighted by Gasteiger charge is 2.36.